The van der Waals surface area contributed by atoms with Gasteiger partial charge in [0.15, 0.2) is 0 Å². The minimum absolute atomic E-state index is 0.516. The minimum Gasteiger partial charge on any atom is -0.378 e. The lowest BCUT2D eigenvalue weighted by atomic mass is 10.2. The average molecular weight is 313 g/mol. The van der Waals surface area contributed by atoms with Gasteiger partial charge in [-0.3, -0.25) is 0 Å². The number of benzene rings is 1. The Bertz CT molecular complexity index is 389. The number of rotatable bonds is 4. The lowest BCUT2D eigenvalue weighted by molar-refractivity contribution is 0.122. The first-order chi connectivity index (χ1) is 8.66. The van der Waals surface area contributed by atoms with E-state index in [2.05, 4.69) is 58.2 Å². The van der Waals surface area contributed by atoms with E-state index in [1.807, 2.05) is 0 Å². The lowest BCUT2D eigenvalue weighted by Crippen LogP contribution is -2.36. The summed E-state index contributed by atoms with van der Waals surface area (Å²) in [7, 11) is 0. The first-order valence-corrected chi connectivity index (χ1v) is 7.30. The predicted molar refractivity (Wildman–Crippen MR) is 79.1 cm³/mol. The van der Waals surface area contributed by atoms with Crippen molar-refractivity contribution >= 4 is 21.6 Å². The molecule has 1 aromatic rings. The van der Waals surface area contributed by atoms with Crippen molar-refractivity contribution in [3.63, 3.8) is 0 Å². The Labute approximate surface area is 118 Å². The van der Waals surface area contributed by atoms with E-state index in [-0.39, 0.29) is 0 Å². The Morgan fingerprint density at radius 1 is 1.33 bits per heavy atom. The summed E-state index contributed by atoms with van der Waals surface area (Å²) in [5.41, 5.74) is 2.58. The molecule has 0 saturated carbocycles. The molecule has 0 aliphatic carbocycles. The minimum atomic E-state index is 0.516. The second-order valence-corrected chi connectivity index (χ2v) is 5.78. The maximum Gasteiger partial charge on any atom is 0.0642 e. The first-order valence-electron chi connectivity index (χ1n) is 6.51. The highest BCUT2D eigenvalue weighted by molar-refractivity contribution is 9.10. The number of morpholine rings is 1. The number of nitrogens with one attached hydrogen (secondary N) is 1. The molecule has 0 spiro atoms. The molecule has 0 radical (unpaired) electrons. The third kappa shape index (κ3) is 3.70. The standard InChI is InChI=1S/C14H21BrN2O/c1-11(2)16-10-12-3-4-14(13(15)9-12)17-5-7-18-8-6-17/h3-4,9,11,16H,5-8,10H2,1-2H3. The Kier molecular flexibility index (Phi) is 5.03. The number of hydrogen-bond acceptors (Lipinski definition) is 3. The normalized spacial score (nSPS) is 16.3. The molecule has 1 N–H and O–H groups in total. The van der Waals surface area contributed by atoms with Crippen molar-refractivity contribution in [2.45, 2.75) is 26.4 Å². The summed E-state index contributed by atoms with van der Waals surface area (Å²) in [5.74, 6) is 0. The molecule has 0 bridgehead atoms. The zero-order valence-corrected chi connectivity index (χ0v) is 12.7. The quantitative estimate of drug-likeness (QED) is 0.925. The Balaban J connectivity index is 2.04. The monoisotopic (exact) mass is 312 g/mol. The molecule has 100 valence electrons. The zero-order chi connectivity index (χ0) is 13.0. The van der Waals surface area contributed by atoms with Crippen LogP contribution >= 0.6 is 15.9 Å². The summed E-state index contributed by atoms with van der Waals surface area (Å²) >= 11 is 3.68. The molecule has 4 heteroatoms. The largest absolute Gasteiger partial charge is 0.378 e. The van der Waals surface area contributed by atoms with E-state index < -0.39 is 0 Å². The summed E-state index contributed by atoms with van der Waals surface area (Å²) < 4.78 is 6.56. The zero-order valence-electron chi connectivity index (χ0n) is 11.1. The third-order valence-electron chi connectivity index (χ3n) is 3.08. The number of anilines is 1. The van der Waals surface area contributed by atoms with Crippen molar-refractivity contribution in [2.75, 3.05) is 31.2 Å². The molecule has 1 saturated heterocycles. The van der Waals surface area contributed by atoms with Gasteiger partial charge in [0.2, 0.25) is 0 Å². The summed E-state index contributed by atoms with van der Waals surface area (Å²) in [6, 6.07) is 7.13. The number of nitrogens with zero attached hydrogens (tertiary/aromatic N) is 1. The van der Waals surface area contributed by atoms with E-state index in [0.717, 1.165) is 32.8 Å². The van der Waals surface area contributed by atoms with Crippen LogP contribution in [0.15, 0.2) is 22.7 Å². The number of ether oxygens (including phenoxy) is 1. The van der Waals surface area contributed by atoms with Crippen molar-refractivity contribution in [1.82, 2.24) is 5.32 Å². The second-order valence-electron chi connectivity index (χ2n) is 4.92. The molecule has 0 amide bonds. The van der Waals surface area contributed by atoms with E-state index in [1.54, 1.807) is 0 Å². The predicted octanol–water partition coefficient (Wildman–Crippen LogP) is 2.78. The average Bonchev–Trinajstić information content (AvgIpc) is 2.37. The van der Waals surface area contributed by atoms with Gasteiger partial charge in [-0.15, -0.1) is 0 Å². The fourth-order valence-corrected chi connectivity index (χ4v) is 2.72. The molecule has 0 aromatic heterocycles. The van der Waals surface area contributed by atoms with Crippen LogP contribution in [0.5, 0.6) is 0 Å². The van der Waals surface area contributed by atoms with Gasteiger partial charge in [0.1, 0.15) is 0 Å². The van der Waals surface area contributed by atoms with Crippen molar-refractivity contribution in [1.29, 1.82) is 0 Å². The highest BCUT2D eigenvalue weighted by Crippen LogP contribution is 2.28. The molecule has 1 aliphatic rings. The van der Waals surface area contributed by atoms with Gasteiger partial charge in [-0.1, -0.05) is 19.9 Å². The molecule has 1 heterocycles. The lowest BCUT2D eigenvalue weighted by Gasteiger charge is -2.29. The van der Waals surface area contributed by atoms with Crippen LogP contribution in [-0.4, -0.2) is 32.3 Å². The van der Waals surface area contributed by atoms with Gasteiger partial charge in [-0.05, 0) is 33.6 Å². The van der Waals surface area contributed by atoms with Crippen LogP contribution < -0.4 is 10.2 Å². The Morgan fingerprint density at radius 2 is 2.06 bits per heavy atom. The van der Waals surface area contributed by atoms with Gasteiger partial charge in [0, 0.05) is 30.1 Å². The SMILES string of the molecule is CC(C)NCc1ccc(N2CCOCC2)c(Br)c1. The highest BCUT2D eigenvalue weighted by Gasteiger charge is 2.13. The Morgan fingerprint density at radius 3 is 2.67 bits per heavy atom. The highest BCUT2D eigenvalue weighted by atomic mass is 79.9. The van der Waals surface area contributed by atoms with Crippen LogP contribution in [-0.2, 0) is 11.3 Å². The molecule has 2 rings (SSSR count). The van der Waals surface area contributed by atoms with Gasteiger partial charge >= 0.3 is 0 Å². The molecule has 1 aromatic carbocycles. The molecule has 3 nitrogen and oxygen atoms in total. The molecule has 1 aliphatic heterocycles. The van der Waals surface area contributed by atoms with Gasteiger partial charge in [0.25, 0.3) is 0 Å². The van der Waals surface area contributed by atoms with Crippen LogP contribution in [0, 0.1) is 0 Å². The van der Waals surface area contributed by atoms with Crippen LogP contribution in [0.25, 0.3) is 0 Å². The fourth-order valence-electron chi connectivity index (χ4n) is 2.04. The van der Waals surface area contributed by atoms with Crippen LogP contribution in [0.4, 0.5) is 5.69 Å². The second kappa shape index (κ2) is 6.55. The van der Waals surface area contributed by atoms with E-state index >= 15 is 0 Å². The summed E-state index contributed by atoms with van der Waals surface area (Å²) in [6.07, 6.45) is 0. The maximum absolute atomic E-state index is 5.38. The summed E-state index contributed by atoms with van der Waals surface area (Å²) in [5, 5.41) is 3.43. The topological polar surface area (TPSA) is 24.5 Å². The van der Waals surface area contributed by atoms with E-state index in [4.69, 9.17) is 4.74 Å². The fraction of sp³-hybridized carbons (Fsp3) is 0.571. The van der Waals surface area contributed by atoms with E-state index in [1.165, 1.54) is 15.7 Å². The smallest absolute Gasteiger partial charge is 0.0642 e. The Hall–Kier alpha value is -0.580. The van der Waals surface area contributed by atoms with Crippen LogP contribution in [0.2, 0.25) is 0 Å². The van der Waals surface area contributed by atoms with Crippen LogP contribution in [0.1, 0.15) is 19.4 Å². The van der Waals surface area contributed by atoms with Gasteiger partial charge in [0.05, 0.1) is 18.9 Å². The van der Waals surface area contributed by atoms with Crippen molar-refractivity contribution in [2.24, 2.45) is 0 Å². The van der Waals surface area contributed by atoms with Crippen molar-refractivity contribution < 1.29 is 4.74 Å². The molecule has 0 unspecified atom stereocenters. The third-order valence-corrected chi connectivity index (χ3v) is 3.71. The molecule has 1 fully saturated rings. The van der Waals surface area contributed by atoms with E-state index in [9.17, 15) is 0 Å². The van der Waals surface area contributed by atoms with Gasteiger partial charge < -0.3 is 15.0 Å². The van der Waals surface area contributed by atoms with E-state index in [0.29, 0.717) is 6.04 Å². The molecule has 18 heavy (non-hydrogen) atoms. The molecular weight excluding hydrogens is 292 g/mol. The summed E-state index contributed by atoms with van der Waals surface area (Å²) in [6.45, 7) is 8.84. The van der Waals surface area contributed by atoms with Crippen molar-refractivity contribution in [3.05, 3.63) is 28.2 Å². The molecule has 0 atom stereocenters. The van der Waals surface area contributed by atoms with Gasteiger partial charge in [-0.2, -0.15) is 0 Å². The maximum atomic E-state index is 5.38. The van der Waals surface area contributed by atoms with Crippen LogP contribution in [0.3, 0.4) is 0 Å². The number of hydrogen-bond donors (Lipinski definition) is 1. The molecular formula is C14H21BrN2O. The van der Waals surface area contributed by atoms with Gasteiger partial charge in [-0.25, -0.2) is 0 Å². The first kappa shape index (κ1) is 13.8. The summed E-state index contributed by atoms with van der Waals surface area (Å²) in [4.78, 5) is 2.37. The number of halogens is 1. The van der Waals surface area contributed by atoms with Crippen molar-refractivity contribution in [3.8, 4) is 0 Å².